The molecule has 2 atom stereocenters. The van der Waals surface area contributed by atoms with Crippen LogP contribution in [0.2, 0.25) is 0 Å². The zero-order chi connectivity index (χ0) is 51.1. The first-order valence-corrected chi connectivity index (χ1v) is 31.8. The molecule has 0 rings (SSSR count). The van der Waals surface area contributed by atoms with Crippen molar-refractivity contribution in [2.75, 3.05) is 13.2 Å². The average Bonchev–Trinajstić information content (AvgIpc) is 3.35. The fourth-order valence-corrected chi connectivity index (χ4v) is 9.90. The van der Waals surface area contributed by atoms with Crippen LogP contribution in [0.25, 0.3) is 0 Å². The number of carbonyl (C=O) groups excluding carboxylic acids is 3. The Balaban J connectivity index is 4.25. The molecule has 1 unspecified atom stereocenters. The van der Waals surface area contributed by atoms with Gasteiger partial charge in [0, 0.05) is 19.3 Å². The van der Waals surface area contributed by atoms with E-state index in [0.717, 1.165) is 69.6 Å². The van der Waals surface area contributed by atoms with Gasteiger partial charge in [0.25, 0.3) is 0 Å². The maximum Gasteiger partial charge on any atom is 0.306 e. The predicted octanol–water partition coefficient (Wildman–Crippen LogP) is 21.2. The number of rotatable bonds is 58. The van der Waals surface area contributed by atoms with E-state index >= 15 is 0 Å². The summed E-state index contributed by atoms with van der Waals surface area (Å²) in [7, 11) is 0. The molecule has 0 aliphatic rings. The van der Waals surface area contributed by atoms with Gasteiger partial charge in [-0.15, -0.1) is 0 Å². The highest BCUT2D eigenvalue weighted by molar-refractivity contribution is 5.71. The average molecular weight is 990 g/mol. The molecule has 0 saturated heterocycles. The molecule has 0 radical (unpaired) electrons. The van der Waals surface area contributed by atoms with E-state index < -0.39 is 6.10 Å². The Hall–Kier alpha value is -1.59. The van der Waals surface area contributed by atoms with Crippen molar-refractivity contribution in [3.05, 3.63) is 0 Å². The van der Waals surface area contributed by atoms with Gasteiger partial charge in [0.1, 0.15) is 13.2 Å². The lowest BCUT2D eigenvalue weighted by Gasteiger charge is -2.18. The molecule has 0 N–H and O–H groups in total. The Kier molecular flexibility index (Phi) is 55.4. The predicted molar refractivity (Wildman–Crippen MR) is 303 cm³/mol. The van der Waals surface area contributed by atoms with Crippen LogP contribution in [0.5, 0.6) is 0 Å². The minimum Gasteiger partial charge on any atom is -0.462 e. The van der Waals surface area contributed by atoms with Gasteiger partial charge in [-0.2, -0.15) is 0 Å². The Morgan fingerprint density at radius 1 is 0.300 bits per heavy atom. The standard InChI is InChI=1S/C64H124O6/c1-6-8-9-10-11-12-13-22-29-34-39-44-49-54-62(65)68-57-61(58-69-63(66)55-50-45-40-35-30-25-21-20-23-27-32-37-42-47-52-59(3)4)70-64(67)56-51-46-41-36-31-26-19-17-15-14-16-18-24-28-33-38-43-48-53-60(5)7-2/h59-61H,6-58H2,1-5H3/t60?,61-/m1/s1. The quantitative estimate of drug-likeness (QED) is 0.0343. The lowest BCUT2D eigenvalue weighted by atomic mass is 9.99. The SMILES string of the molecule is CCCCCCCCCCCCCCCC(=O)OC[C@H](COC(=O)CCCCCCCCCCCCCCCCC(C)C)OC(=O)CCCCCCCCCCCCCCCCCCCCC(C)CC. The van der Waals surface area contributed by atoms with Crippen LogP contribution in [0.1, 0.15) is 362 Å². The summed E-state index contributed by atoms with van der Waals surface area (Å²) in [5.74, 6) is 0.922. The lowest BCUT2D eigenvalue weighted by molar-refractivity contribution is -0.167. The smallest absolute Gasteiger partial charge is 0.306 e. The third kappa shape index (κ3) is 55.7. The van der Waals surface area contributed by atoms with Crippen LogP contribution >= 0.6 is 0 Å². The summed E-state index contributed by atoms with van der Waals surface area (Å²) in [5.41, 5.74) is 0. The molecular weight excluding hydrogens is 865 g/mol. The number of hydrogen-bond acceptors (Lipinski definition) is 6. The second kappa shape index (κ2) is 56.7. The number of ether oxygens (including phenoxy) is 3. The van der Waals surface area contributed by atoms with Crippen molar-refractivity contribution in [3.8, 4) is 0 Å². The maximum atomic E-state index is 12.9. The highest BCUT2D eigenvalue weighted by atomic mass is 16.6. The number of unbranched alkanes of at least 4 members (excludes halogenated alkanes) is 42. The van der Waals surface area contributed by atoms with Gasteiger partial charge < -0.3 is 14.2 Å². The van der Waals surface area contributed by atoms with Gasteiger partial charge in [-0.1, -0.05) is 324 Å². The number of carbonyl (C=O) groups is 3. The molecule has 0 amide bonds. The minimum absolute atomic E-state index is 0.0619. The van der Waals surface area contributed by atoms with Crippen LogP contribution < -0.4 is 0 Å². The van der Waals surface area contributed by atoms with E-state index in [4.69, 9.17) is 14.2 Å². The molecule has 0 heterocycles. The van der Waals surface area contributed by atoms with E-state index in [2.05, 4.69) is 34.6 Å². The van der Waals surface area contributed by atoms with E-state index in [1.54, 1.807) is 0 Å². The normalized spacial score (nSPS) is 12.4. The summed E-state index contributed by atoms with van der Waals surface area (Å²) >= 11 is 0. The third-order valence-electron chi connectivity index (χ3n) is 15.1. The topological polar surface area (TPSA) is 78.9 Å². The first-order valence-electron chi connectivity index (χ1n) is 31.8. The Bertz CT molecular complexity index is 1070. The zero-order valence-corrected chi connectivity index (χ0v) is 48.2. The van der Waals surface area contributed by atoms with Crippen molar-refractivity contribution in [2.24, 2.45) is 11.8 Å². The lowest BCUT2D eigenvalue weighted by Crippen LogP contribution is -2.30. The largest absolute Gasteiger partial charge is 0.462 e. The van der Waals surface area contributed by atoms with Crippen molar-refractivity contribution in [1.82, 2.24) is 0 Å². The molecular formula is C64H124O6. The van der Waals surface area contributed by atoms with Gasteiger partial charge >= 0.3 is 17.9 Å². The Morgan fingerprint density at radius 2 is 0.543 bits per heavy atom. The van der Waals surface area contributed by atoms with Crippen molar-refractivity contribution >= 4 is 17.9 Å². The minimum atomic E-state index is -0.763. The van der Waals surface area contributed by atoms with Crippen LogP contribution in [0.15, 0.2) is 0 Å². The Labute approximate surface area is 438 Å². The molecule has 0 aromatic rings. The molecule has 0 aromatic carbocycles. The van der Waals surface area contributed by atoms with E-state index in [0.29, 0.717) is 19.3 Å². The molecule has 0 fully saturated rings. The van der Waals surface area contributed by atoms with Crippen molar-refractivity contribution < 1.29 is 28.6 Å². The molecule has 70 heavy (non-hydrogen) atoms. The Morgan fingerprint density at radius 3 is 0.814 bits per heavy atom. The molecule has 0 aliphatic heterocycles. The van der Waals surface area contributed by atoms with Crippen molar-refractivity contribution in [3.63, 3.8) is 0 Å². The highest BCUT2D eigenvalue weighted by Crippen LogP contribution is 2.19. The summed E-state index contributed by atoms with van der Waals surface area (Å²) in [4.78, 5) is 38.3. The summed E-state index contributed by atoms with van der Waals surface area (Å²) in [6, 6.07) is 0. The summed E-state index contributed by atoms with van der Waals surface area (Å²) in [6.45, 7) is 11.5. The highest BCUT2D eigenvalue weighted by Gasteiger charge is 2.19. The fourth-order valence-electron chi connectivity index (χ4n) is 9.90. The van der Waals surface area contributed by atoms with Gasteiger partial charge in [0.2, 0.25) is 0 Å². The van der Waals surface area contributed by atoms with Gasteiger partial charge in [0.05, 0.1) is 0 Å². The molecule has 6 heteroatoms. The van der Waals surface area contributed by atoms with Crippen molar-refractivity contribution in [1.29, 1.82) is 0 Å². The fraction of sp³-hybridized carbons (Fsp3) is 0.953. The third-order valence-corrected chi connectivity index (χ3v) is 15.1. The van der Waals surface area contributed by atoms with Crippen LogP contribution in [0, 0.1) is 11.8 Å². The monoisotopic (exact) mass is 989 g/mol. The van der Waals surface area contributed by atoms with Crippen molar-refractivity contribution in [2.45, 2.75) is 368 Å². The van der Waals surface area contributed by atoms with Gasteiger partial charge in [-0.3, -0.25) is 14.4 Å². The second-order valence-corrected chi connectivity index (χ2v) is 22.8. The zero-order valence-electron chi connectivity index (χ0n) is 48.2. The summed E-state index contributed by atoms with van der Waals surface area (Å²) in [6.07, 6.45) is 62.4. The first kappa shape index (κ1) is 68.4. The van der Waals surface area contributed by atoms with Crippen LogP contribution in [-0.4, -0.2) is 37.2 Å². The van der Waals surface area contributed by atoms with E-state index in [1.807, 2.05) is 0 Å². The van der Waals surface area contributed by atoms with Gasteiger partial charge in [0.15, 0.2) is 6.10 Å². The number of hydrogen-bond donors (Lipinski definition) is 0. The van der Waals surface area contributed by atoms with Gasteiger partial charge in [-0.05, 0) is 31.1 Å². The first-order chi connectivity index (χ1) is 34.3. The van der Waals surface area contributed by atoms with Gasteiger partial charge in [-0.25, -0.2) is 0 Å². The maximum absolute atomic E-state index is 12.9. The number of esters is 3. The molecule has 0 aliphatic carbocycles. The van der Waals surface area contributed by atoms with Crippen LogP contribution in [-0.2, 0) is 28.6 Å². The molecule has 0 bridgehead atoms. The van der Waals surface area contributed by atoms with E-state index in [-0.39, 0.29) is 31.1 Å². The molecule has 6 nitrogen and oxygen atoms in total. The van der Waals surface area contributed by atoms with E-state index in [1.165, 1.54) is 250 Å². The molecule has 0 saturated carbocycles. The van der Waals surface area contributed by atoms with Crippen LogP contribution in [0.3, 0.4) is 0 Å². The summed E-state index contributed by atoms with van der Waals surface area (Å²) < 4.78 is 16.9. The molecule has 0 spiro atoms. The molecule has 0 aromatic heterocycles. The second-order valence-electron chi connectivity index (χ2n) is 22.8. The van der Waals surface area contributed by atoms with E-state index in [9.17, 15) is 14.4 Å². The van der Waals surface area contributed by atoms with Crippen LogP contribution in [0.4, 0.5) is 0 Å². The molecule has 416 valence electrons. The summed E-state index contributed by atoms with van der Waals surface area (Å²) in [5, 5.41) is 0.